The van der Waals surface area contributed by atoms with E-state index in [0.717, 1.165) is 109 Å². The van der Waals surface area contributed by atoms with Gasteiger partial charge >= 0.3 is 39.5 Å². The van der Waals surface area contributed by atoms with Gasteiger partial charge in [-0.2, -0.15) is 0 Å². The van der Waals surface area contributed by atoms with E-state index in [9.17, 15) is 43.2 Å². The Morgan fingerprint density at radius 1 is 0.318 bits per heavy atom. The van der Waals surface area contributed by atoms with Crippen LogP contribution in [0.2, 0.25) is 0 Å². The number of phosphoric acid groups is 2. The topological polar surface area (TPSA) is 237 Å². The Labute approximate surface area is 537 Å². The van der Waals surface area contributed by atoms with Gasteiger partial charge in [0.25, 0.3) is 0 Å². The zero-order valence-corrected chi connectivity index (χ0v) is 58.6. The molecule has 0 amide bonds. The molecule has 0 aromatic heterocycles. The molecular weight excluding hydrogens is 1160 g/mol. The molecule has 3 N–H and O–H groups in total. The Kier molecular flexibility index (Phi) is 61.1. The number of rotatable bonds is 69. The van der Waals surface area contributed by atoms with E-state index in [1.807, 2.05) is 0 Å². The molecule has 19 heteroatoms. The van der Waals surface area contributed by atoms with E-state index in [4.69, 9.17) is 37.0 Å². The summed E-state index contributed by atoms with van der Waals surface area (Å²) in [4.78, 5) is 72.3. The van der Waals surface area contributed by atoms with Crippen LogP contribution in [0, 0.1) is 5.92 Å². The van der Waals surface area contributed by atoms with Crippen molar-refractivity contribution in [1.82, 2.24) is 0 Å². The summed E-state index contributed by atoms with van der Waals surface area (Å²) >= 11 is 0. The van der Waals surface area contributed by atoms with Crippen LogP contribution in [0.4, 0.5) is 0 Å². The van der Waals surface area contributed by atoms with Crippen molar-refractivity contribution in [2.45, 2.75) is 374 Å². The van der Waals surface area contributed by atoms with Gasteiger partial charge in [-0.15, -0.1) is 0 Å². The van der Waals surface area contributed by atoms with E-state index < -0.39 is 97.5 Å². The summed E-state index contributed by atoms with van der Waals surface area (Å²) in [5, 5.41) is 10.6. The SMILES string of the molecule is CCCCCCCCCCCCCCCCCCCCC(=O)O[C@H](COC(=O)CCCCCCCCCCCCC(C)CC)COP(=O)(O)OC[C@@H](O)COP(=O)(O)OC[C@@H](COC(=O)CCCCCCCCC)OC(=O)CCCCCCCCCCC. The molecule has 522 valence electrons. The third kappa shape index (κ3) is 61.6. The molecule has 0 aliphatic heterocycles. The molecule has 0 radical (unpaired) electrons. The minimum atomic E-state index is -4.95. The predicted octanol–water partition coefficient (Wildman–Crippen LogP) is 19.7. The second-order valence-corrected chi connectivity index (χ2v) is 28.1. The van der Waals surface area contributed by atoms with E-state index in [-0.39, 0.29) is 25.7 Å². The lowest BCUT2D eigenvalue weighted by atomic mass is 9.99. The third-order valence-corrected chi connectivity index (χ3v) is 18.3. The maximum atomic E-state index is 13.0. The highest BCUT2D eigenvalue weighted by Crippen LogP contribution is 2.45. The third-order valence-electron chi connectivity index (χ3n) is 16.4. The van der Waals surface area contributed by atoms with Crippen LogP contribution in [0.1, 0.15) is 356 Å². The Balaban J connectivity index is 5.18. The summed E-state index contributed by atoms with van der Waals surface area (Å²) in [6, 6.07) is 0. The molecule has 17 nitrogen and oxygen atoms in total. The molecule has 0 bridgehead atoms. The molecule has 88 heavy (non-hydrogen) atoms. The molecule has 0 aromatic carbocycles. The molecule has 0 aliphatic carbocycles. The van der Waals surface area contributed by atoms with Gasteiger partial charge in [0.2, 0.25) is 0 Å². The quantitative estimate of drug-likeness (QED) is 0.0222. The van der Waals surface area contributed by atoms with Crippen molar-refractivity contribution in [3.63, 3.8) is 0 Å². The number of ether oxygens (including phenoxy) is 4. The second kappa shape index (κ2) is 62.5. The average molecular weight is 1300 g/mol. The molecule has 6 atom stereocenters. The van der Waals surface area contributed by atoms with Crippen LogP contribution in [-0.4, -0.2) is 96.7 Å². The predicted molar refractivity (Wildman–Crippen MR) is 354 cm³/mol. The number of esters is 4. The Morgan fingerprint density at radius 2 is 0.545 bits per heavy atom. The maximum absolute atomic E-state index is 13.0. The van der Waals surface area contributed by atoms with Gasteiger partial charge in [0.05, 0.1) is 26.4 Å². The van der Waals surface area contributed by atoms with Crippen molar-refractivity contribution < 1.29 is 80.2 Å². The van der Waals surface area contributed by atoms with Gasteiger partial charge in [0, 0.05) is 25.7 Å². The Bertz CT molecular complexity index is 1710. The van der Waals surface area contributed by atoms with Gasteiger partial charge in [-0.3, -0.25) is 37.3 Å². The minimum Gasteiger partial charge on any atom is -0.462 e. The summed E-state index contributed by atoms with van der Waals surface area (Å²) < 4.78 is 68.1. The molecule has 0 aliphatic rings. The monoisotopic (exact) mass is 1300 g/mol. The van der Waals surface area contributed by atoms with Crippen molar-refractivity contribution in [3.8, 4) is 0 Å². The number of carbonyl (C=O) groups is 4. The number of carbonyl (C=O) groups excluding carboxylic acids is 4. The first kappa shape index (κ1) is 86.1. The number of phosphoric ester groups is 2. The Hall–Kier alpha value is -1.94. The van der Waals surface area contributed by atoms with Crippen LogP contribution in [0.25, 0.3) is 0 Å². The van der Waals surface area contributed by atoms with Gasteiger partial charge in [0.1, 0.15) is 19.3 Å². The number of unbranched alkanes of at least 4 members (excludes halogenated alkanes) is 40. The highest BCUT2D eigenvalue weighted by molar-refractivity contribution is 7.47. The van der Waals surface area contributed by atoms with Gasteiger partial charge in [-0.25, -0.2) is 9.13 Å². The summed E-state index contributed by atoms with van der Waals surface area (Å²) in [7, 11) is -9.89. The maximum Gasteiger partial charge on any atom is 0.472 e. The fraction of sp³-hybridized carbons (Fsp3) is 0.942. The summed E-state index contributed by atoms with van der Waals surface area (Å²) in [6.45, 7) is 7.21. The van der Waals surface area contributed by atoms with Crippen LogP contribution in [0.3, 0.4) is 0 Å². The zero-order chi connectivity index (χ0) is 64.9. The first-order valence-electron chi connectivity index (χ1n) is 36.2. The molecule has 3 unspecified atom stereocenters. The number of hydrogen-bond donors (Lipinski definition) is 3. The highest BCUT2D eigenvalue weighted by Gasteiger charge is 2.30. The van der Waals surface area contributed by atoms with Crippen LogP contribution in [0.5, 0.6) is 0 Å². The fourth-order valence-electron chi connectivity index (χ4n) is 10.4. The normalized spacial score (nSPS) is 14.4. The molecule has 0 spiro atoms. The summed E-state index contributed by atoms with van der Waals surface area (Å²) in [6.07, 6.45) is 48.7. The summed E-state index contributed by atoms with van der Waals surface area (Å²) in [5.74, 6) is -1.32. The van der Waals surface area contributed by atoms with Crippen molar-refractivity contribution in [2.75, 3.05) is 39.6 Å². The lowest BCUT2D eigenvalue weighted by Gasteiger charge is -2.21. The lowest BCUT2D eigenvalue weighted by molar-refractivity contribution is -0.161. The second-order valence-electron chi connectivity index (χ2n) is 25.2. The highest BCUT2D eigenvalue weighted by atomic mass is 31.2. The van der Waals surface area contributed by atoms with Crippen molar-refractivity contribution in [2.24, 2.45) is 5.92 Å². The first-order valence-corrected chi connectivity index (χ1v) is 39.2. The molecule has 0 aromatic rings. The van der Waals surface area contributed by atoms with Crippen LogP contribution in [-0.2, 0) is 65.4 Å². The zero-order valence-electron chi connectivity index (χ0n) is 56.9. The molecule has 0 fully saturated rings. The van der Waals surface area contributed by atoms with Gasteiger partial charge in [-0.05, 0) is 31.6 Å². The Morgan fingerprint density at radius 3 is 0.807 bits per heavy atom. The minimum absolute atomic E-state index is 0.106. The standard InChI is InChI=1S/C69H134O17P2/c1-6-10-13-16-19-21-22-23-24-25-26-27-28-29-35-40-45-50-55-69(74)86-65(59-80-67(72)53-48-43-38-34-31-30-33-37-41-46-51-62(5)9-4)61-84-88(77,78)82-57-63(70)56-81-87(75,76)83-60-64(58-79-66(71)52-47-42-36-18-15-12-8-3)85-68(73)54-49-44-39-32-20-17-14-11-7-2/h62-65,70H,6-61H2,1-5H3,(H,75,76)(H,77,78)/t62?,63-,64+,65+/m0/s1. The van der Waals surface area contributed by atoms with Crippen LogP contribution >= 0.6 is 15.6 Å². The van der Waals surface area contributed by atoms with Crippen LogP contribution in [0.15, 0.2) is 0 Å². The summed E-state index contributed by atoms with van der Waals surface area (Å²) in [5.41, 5.74) is 0. The van der Waals surface area contributed by atoms with Crippen molar-refractivity contribution >= 4 is 39.5 Å². The van der Waals surface area contributed by atoms with Gasteiger partial charge in [0.15, 0.2) is 12.2 Å². The van der Waals surface area contributed by atoms with Crippen LogP contribution < -0.4 is 0 Å². The largest absolute Gasteiger partial charge is 0.472 e. The van der Waals surface area contributed by atoms with E-state index >= 15 is 0 Å². The molecular formula is C69H134O17P2. The average Bonchev–Trinajstić information content (AvgIpc) is 3.51. The van der Waals surface area contributed by atoms with E-state index in [0.29, 0.717) is 25.7 Å². The first-order chi connectivity index (χ1) is 42.6. The van der Waals surface area contributed by atoms with Crippen molar-refractivity contribution in [3.05, 3.63) is 0 Å². The van der Waals surface area contributed by atoms with Gasteiger partial charge < -0.3 is 33.8 Å². The lowest BCUT2D eigenvalue weighted by Crippen LogP contribution is -2.30. The molecule has 0 rings (SSSR count). The van der Waals surface area contributed by atoms with E-state index in [1.54, 1.807) is 0 Å². The molecule has 0 saturated heterocycles. The molecule has 0 heterocycles. The fourth-order valence-corrected chi connectivity index (χ4v) is 12.0. The van der Waals surface area contributed by atoms with Gasteiger partial charge in [-0.1, -0.05) is 304 Å². The van der Waals surface area contributed by atoms with E-state index in [1.165, 1.54) is 167 Å². The number of hydrogen-bond acceptors (Lipinski definition) is 15. The molecule has 0 saturated carbocycles. The van der Waals surface area contributed by atoms with Crippen molar-refractivity contribution in [1.29, 1.82) is 0 Å². The number of aliphatic hydroxyl groups excluding tert-OH is 1. The number of aliphatic hydroxyl groups is 1. The smallest absolute Gasteiger partial charge is 0.462 e. The van der Waals surface area contributed by atoms with E-state index in [2.05, 4.69) is 34.6 Å².